The maximum atomic E-state index is 13.7. The molecule has 0 aliphatic carbocycles. The van der Waals surface area contributed by atoms with Crippen LogP contribution in [0.3, 0.4) is 0 Å². The minimum atomic E-state index is -0.727. The summed E-state index contributed by atoms with van der Waals surface area (Å²) in [7, 11) is 0. The van der Waals surface area contributed by atoms with Gasteiger partial charge in [-0.2, -0.15) is 10.5 Å². The van der Waals surface area contributed by atoms with Crippen LogP contribution in [0, 0.1) is 22.7 Å². The Kier molecular flexibility index (Phi) is 5.34. The number of benzene rings is 3. The molecule has 3 aromatic rings. The van der Waals surface area contributed by atoms with E-state index < -0.39 is 5.92 Å². The lowest BCUT2D eigenvalue weighted by Gasteiger charge is -2.29. The third kappa shape index (κ3) is 3.69. The predicted octanol–water partition coefficient (Wildman–Crippen LogP) is 4.66. The summed E-state index contributed by atoms with van der Waals surface area (Å²) in [6.07, 6.45) is 0. The molecule has 2 N–H and O–H groups in total. The standard InChI is InChI=1S/C26H17N3O2/c27-15-17-11-13-18(14-12-17)22-21(16-28)26(29)31-25(20-9-5-2-6-10-20)23(22)24(30)19-7-3-1-4-8-19/h1-14,22H,29H2. The smallest absolute Gasteiger partial charge is 0.205 e. The molecule has 31 heavy (non-hydrogen) atoms. The van der Waals surface area contributed by atoms with Crippen molar-refractivity contribution in [3.05, 3.63) is 124 Å². The van der Waals surface area contributed by atoms with Crippen LogP contribution in [0.5, 0.6) is 0 Å². The lowest BCUT2D eigenvalue weighted by molar-refractivity contribution is 0.102. The molecule has 0 bridgehead atoms. The van der Waals surface area contributed by atoms with Crippen LogP contribution in [-0.2, 0) is 4.74 Å². The third-order valence-corrected chi connectivity index (χ3v) is 5.11. The normalized spacial score (nSPS) is 15.6. The molecule has 1 unspecified atom stereocenters. The van der Waals surface area contributed by atoms with Crippen LogP contribution in [0.15, 0.2) is 102 Å². The zero-order chi connectivity index (χ0) is 21.8. The molecule has 0 saturated heterocycles. The predicted molar refractivity (Wildman–Crippen MR) is 116 cm³/mol. The van der Waals surface area contributed by atoms with Crippen molar-refractivity contribution < 1.29 is 9.53 Å². The Labute approximate surface area is 179 Å². The SMILES string of the molecule is N#CC1=C(N)OC(c2ccccc2)=C(C(=O)c2ccccc2)C1c1ccc(C#N)cc1. The van der Waals surface area contributed by atoms with Crippen molar-refractivity contribution in [3.63, 3.8) is 0 Å². The highest BCUT2D eigenvalue weighted by Gasteiger charge is 2.37. The molecule has 0 spiro atoms. The van der Waals surface area contributed by atoms with Crippen LogP contribution in [0.2, 0.25) is 0 Å². The summed E-state index contributed by atoms with van der Waals surface area (Å²) < 4.78 is 5.87. The average Bonchev–Trinajstić information content (AvgIpc) is 2.84. The molecule has 1 heterocycles. The van der Waals surface area contributed by atoms with Crippen molar-refractivity contribution in [2.45, 2.75) is 5.92 Å². The number of carbonyl (C=O) groups excluding carboxylic acids is 1. The molecule has 1 aliphatic heterocycles. The number of hydrogen-bond acceptors (Lipinski definition) is 5. The minimum absolute atomic E-state index is 0.0414. The molecule has 0 radical (unpaired) electrons. The van der Waals surface area contributed by atoms with E-state index in [1.165, 1.54) is 0 Å². The molecule has 0 fully saturated rings. The van der Waals surface area contributed by atoms with Crippen LogP contribution in [-0.4, -0.2) is 5.78 Å². The van der Waals surface area contributed by atoms with E-state index in [1.54, 1.807) is 48.5 Å². The van der Waals surface area contributed by atoms with Gasteiger partial charge >= 0.3 is 0 Å². The monoisotopic (exact) mass is 403 g/mol. The first-order chi connectivity index (χ1) is 15.1. The fourth-order valence-corrected chi connectivity index (χ4v) is 3.62. The van der Waals surface area contributed by atoms with Gasteiger partial charge in [0.2, 0.25) is 5.88 Å². The number of nitriles is 2. The van der Waals surface area contributed by atoms with Gasteiger partial charge in [-0.15, -0.1) is 0 Å². The number of hydrogen-bond donors (Lipinski definition) is 1. The lowest BCUT2D eigenvalue weighted by atomic mass is 9.78. The second kappa shape index (κ2) is 8.41. The van der Waals surface area contributed by atoms with Crippen LogP contribution >= 0.6 is 0 Å². The molecule has 1 atom stereocenters. The Morgan fingerprint density at radius 2 is 1.45 bits per heavy atom. The van der Waals surface area contributed by atoms with E-state index in [4.69, 9.17) is 15.7 Å². The van der Waals surface area contributed by atoms with Crippen LogP contribution in [0.1, 0.15) is 33.0 Å². The van der Waals surface area contributed by atoms with Gasteiger partial charge in [0.05, 0.1) is 23.1 Å². The zero-order valence-corrected chi connectivity index (χ0v) is 16.4. The number of nitrogens with zero attached hydrogens (tertiary/aromatic N) is 2. The number of ether oxygens (including phenoxy) is 1. The van der Waals surface area contributed by atoms with Crippen molar-refractivity contribution in [1.29, 1.82) is 10.5 Å². The lowest BCUT2D eigenvalue weighted by Crippen LogP contribution is -2.24. The van der Waals surface area contributed by atoms with E-state index in [2.05, 4.69) is 12.1 Å². The Bertz CT molecular complexity index is 1280. The fourth-order valence-electron chi connectivity index (χ4n) is 3.62. The second-order valence-corrected chi connectivity index (χ2v) is 6.96. The number of nitrogens with two attached hydrogens (primary N) is 1. The largest absolute Gasteiger partial charge is 0.439 e. The first-order valence-electron chi connectivity index (χ1n) is 9.61. The van der Waals surface area contributed by atoms with Gasteiger partial charge in [0.25, 0.3) is 0 Å². The van der Waals surface area contributed by atoms with Crippen LogP contribution in [0.25, 0.3) is 5.76 Å². The van der Waals surface area contributed by atoms with Crippen molar-refractivity contribution in [3.8, 4) is 12.1 Å². The van der Waals surface area contributed by atoms with Crippen LogP contribution in [0.4, 0.5) is 0 Å². The van der Waals surface area contributed by atoms with Gasteiger partial charge in [-0.05, 0) is 17.7 Å². The molecular formula is C26H17N3O2. The van der Waals surface area contributed by atoms with Gasteiger partial charge in [-0.3, -0.25) is 4.79 Å². The Morgan fingerprint density at radius 3 is 2.03 bits per heavy atom. The summed E-state index contributed by atoms with van der Waals surface area (Å²) in [5, 5.41) is 19.0. The number of Topliss-reactive ketones (excluding diaryl/α,β-unsaturated/α-hetero) is 1. The van der Waals surface area contributed by atoms with Gasteiger partial charge < -0.3 is 10.5 Å². The summed E-state index contributed by atoms with van der Waals surface area (Å²) in [6.45, 7) is 0. The molecule has 5 nitrogen and oxygen atoms in total. The highest BCUT2D eigenvalue weighted by atomic mass is 16.5. The van der Waals surface area contributed by atoms with Crippen molar-refractivity contribution in [2.24, 2.45) is 5.73 Å². The molecule has 3 aromatic carbocycles. The summed E-state index contributed by atoms with van der Waals surface area (Å²) in [4.78, 5) is 13.7. The summed E-state index contributed by atoms with van der Waals surface area (Å²) in [5.41, 5.74) is 8.94. The molecule has 1 aliphatic rings. The van der Waals surface area contributed by atoms with Crippen LogP contribution < -0.4 is 5.73 Å². The van der Waals surface area contributed by atoms with Crippen molar-refractivity contribution >= 4 is 11.5 Å². The Morgan fingerprint density at radius 1 is 0.839 bits per heavy atom. The molecule has 0 amide bonds. The second-order valence-electron chi connectivity index (χ2n) is 6.96. The first-order valence-corrected chi connectivity index (χ1v) is 9.61. The maximum absolute atomic E-state index is 13.7. The third-order valence-electron chi connectivity index (χ3n) is 5.11. The maximum Gasteiger partial charge on any atom is 0.205 e. The summed E-state index contributed by atoms with van der Waals surface area (Å²) in [6, 6.07) is 29.0. The van der Waals surface area contributed by atoms with Crippen molar-refractivity contribution in [2.75, 3.05) is 0 Å². The van der Waals surface area contributed by atoms with Gasteiger partial charge in [-0.1, -0.05) is 72.8 Å². The van der Waals surface area contributed by atoms with Gasteiger partial charge in [0.1, 0.15) is 17.4 Å². The van der Waals surface area contributed by atoms with E-state index >= 15 is 0 Å². The highest BCUT2D eigenvalue weighted by Crippen LogP contribution is 2.43. The Balaban J connectivity index is 1.99. The molecule has 0 saturated carbocycles. The van der Waals surface area contributed by atoms with Gasteiger partial charge in [0.15, 0.2) is 5.78 Å². The summed E-state index contributed by atoms with van der Waals surface area (Å²) >= 11 is 0. The fraction of sp³-hybridized carbons (Fsp3) is 0.0385. The molecule has 5 heteroatoms. The Hall–Kier alpha value is -4.61. The van der Waals surface area contributed by atoms with Gasteiger partial charge in [-0.25, -0.2) is 0 Å². The van der Waals surface area contributed by atoms with Crippen molar-refractivity contribution in [1.82, 2.24) is 0 Å². The number of carbonyl (C=O) groups is 1. The molecule has 0 aromatic heterocycles. The van der Waals surface area contributed by atoms with Gasteiger partial charge in [0, 0.05) is 11.1 Å². The molecule has 148 valence electrons. The van der Waals surface area contributed by atoms with E-state index in [-0.39, 0.29) is 17.2 Å². The average molecular weight is 403 g/mol. The highest BCUT2D eigenvalue weighted by molar-refractivity contribution is 6.14. The summed E-state index contributed by atoms with van der Waals surface area (Å²) in [5.74, 6) is -0.705. The van der Waals surface area contributed by atoms with E-state index in [9.17, 15) is 10.1 Å². The number of ketones is 1. The topological polar surface area (TPSA) is 99.9 Å². The first kappa shape index (κ1) is 19.7. The van der Waals surface area contributed by atoms with E-state index in [0.717, 1.165) is 0 Å². The quantitative estimate of drug-likeness (QED) is 0.639. The zero-order valence-electron chi connectivity index (χ0n) is 16.4. The molecular weight excluding hydrogens is 386 g/mol. The molecule has 4 rings (SSSR count). The van der Waals surface area contributed by atoms with E-state index in [1.807, 2.05) is 36.4 Å². The number of allylic oxidation sites excluding steroid dienone is 2. The van der Waals surface area contributed by atoms with E-state index in [0.29, 0.717) is 33.6 Å². The number of rotatable bonds is 4. The minimum Gasteiger partial charge on any atom is -0.439 e.